The van der Waals surface area contributed by atoms with Gasteiger partial charge in [0.05, 0.1) is 53.5 Å². The molecule has 12 heteroatoms. The van der Waals surface area contributed by atoms with E-state index < -0.39 is 0 Å². The van der Waals surface area contributed by atoms with Crippen LogP contribution in [0.4, 0.5) is 0 Å². The number of para-hydroxylation sites is 4. The zero-order chi connectivity index (χ0) is 78.9. The average Bonchev–Trinajstić information content (AvgIpc) is 1.56. The number of nitrogens with zero attached hydrogens (tertiary/aromatic N) is 10. The number of benzene rings is 17. The van der Waals surface area contributed by atoms with Crippen molar-refractivity contribution < 1.29 is 0 Å². The highest BCUT2D eigenvalue weighted by atomic mass is 32.1. The molecule has 0 saturated carbocycles. The fourth-order valence-corrected chi connectivity index (χ4v) is 20.6. The van der Waals surface area contributed by atoms with Crippen LogP contribution in [0.3, 0.4) is 0 Å². The van der Waals surface area contributed by atoms with Crippen molar-refractivity contribution in [2.24, 2.45) is 0 Å². The first-order valence-electron chi connectivity index (χ1n) is 40.3. The van der Waals surface area contributed by atoms with Crippen LogP contribution in [-0.4, -0.2) is 48.2 Å². The van der Waals surface area contributed by atoms with E-state index in [-0.39, 0.29) is 0 Å². The van der Waals surface area contributed by atoms with Crippen molar-refractivity contribution in [1.29, 1.82) is 0 Å². The van der Waals surface area contributed by atoms with E-state index in [0.29, 0.717) is 34.9 Å². The smallest absolute Gasteiger partial charge is 0.164 e. The molecule has 120 heavy (non-hydrogen) atoms. The summed E-state index contributed by atoms with van der Waals surface area (Å²) in [6.45, 7) is 0. The number of hydrogen-bond donors (Lipinski definition) is 0. The molecule has 0 atom stereocenters. The van der Waals surface area contributed by atoms with Crippen molar-refractivity contribution in [1.82, 2.24) is 48.2 Å². The lowest BCUT2D eigenvalue weighted by Crippen LogP contribution is -2.01. The lowest BCUT2D eigenvalue weighted by atomic mass is 10.0. The van der Waals surface area contributed by atoms with Crippen LogP contribution in [0, 0.1) is 0 Å². The van der Waals surface area contributed by atoms with Gasteiger partial charge in [-0.25, -0.2) is 29.9 Å². The molecule has 25 aromatic rings. The number of rotatable bonds is 11. The summed E-state index contributed by atoms with van der Waals surface area (Å²) >= 11 is 3.77. The van der Waals surface area contributed by atoms with Gasteiger partial charge in [-0.1, -0.05) is 297 Å². The molecule has 0 aliphatic rings. The second-order valence-corrected chi connectivity index (χ2v) is 32.5. The predicted molar refractivity (Wildman–Crippen MR) is 501 cm³/mol. The maximum absolute atomic E-state index is 5.04. The topological polar surface area (TPSA) is 97.1 Å². The molecule has 0 N–H and O–H groups in total. The van der Waals surface area contributed by atoms with E-state index in [9.17, 15) is 0 Å². The zero-order valence-corrected chi connectivity index (χ0v) is 66.0. The molecule has 10 nitrogen and oxygen atoms in total. The third kappa shape index (κ3) is 11.4. The van der Waals surface area contributed by atoms with Crippen molar-refractivity contribution in [2.75, 3.05) is 0 Å². The van der Waals surface area contributed by atoms with Crippen LogP contribution < -0.4 is 0 Å². The third-order valence-electron chi connectivity index (χ3n) is 23.5. The first kappa shape index (κ1) is 68.8. The summed E-state index contributed by atoms with van der Waals surface area (Å²) in [5.41, 5.74) is 21.8. The molecule has 25 rings (SSSR count). The molecule has 0 aliphatic heterocycles. The lowest BCUT2D eigenvalue weighted by molar-refractivity contribution is 1.07. The van der Waals surface area contributed by atoms with E-state index in [4.69, 9.17) is 29.9 Å². The summed E-state index contributed by atoms with van der Waals surface area (Å²) < 4.78 is 15.0. The Morgan fingerprint density at radius 3 is 0.825 bits per heavy atom. The van der Waals surface area contributed by atoms with E-state index in [1.165, 1.54) is 106 Å². The molecule has 0 radical (unpaired) electrons. The minimum absolute atomic E-state index is 0.631. The highest BCUT2D eigenvalue weighted by Gasteiger charge is 2.25. The second kappa shape index (κ2) is 28.1. The average molecular weight is 1570 g/mol. The highest BCUT2D eigenvalue weighted by molar-refractivity contribution is 7.27. The minimum Gasteiger partial charge on any atom is -0.309 e. The van der Waals surface area contributed by atoms with Gasteiger partial charge in [-0.15, -0.1) is 22.7 Å². The Labute approximate surface area is 696 Å². The maximum Gasteiger partial charge on any atom is 0.164 e. The fourth-order valence-electron chi connectivity index (χ4n) is 18.1. The summed E-state index contributed by atoms with van der Waals surface area (Å²) in [4.78, 5) is 29.9. The molecule has 0 bridgehead atoms. The molecule has 0 aliphatic carbocycles. The van der Waals surface area contributed by atoms with Gasteiger partial charge in [0, 0.05) is 130 Å². The highest BCUT2D eigenvalue weighted by Crippen LogP contribution is 2.48. The fraction of sp³-hybridized carbons (Fsp3) is 0. The van der Waals surface area contributed by atoms with Gasteiger partial charge in [0.2, 0.25) is 0 Å². The van der Waals surface area contributed by atoms with Crippen LogP contribution in [0.15, 0.2) is 400 Å². The molecule has 0 fully saturated rings. The molecular weight excluding hydrogens is 1500 g/mol. The summed E-state index contributed by atoms with van der Waals surface area (Å²) in [7, 11) is 0. The second-order valence-electron chi connectivity index (χ2n) is 30.4. The SMILES string of the molecule is c1ccc(-c2nc(-c3ccccc3)nc(-c3cccc(-c4cccc(-n5c6ccccc6c6cc(-n7c8ccccc8c8ccc9c%10ccccc%10sc9c87)ccc65)c4)c3)n2)cc1.c1ccc(-c2nc(-c3ccccc3)nc(-c3cccc(-n4c5ccccc5c5cc(-n6c7ccccc7c7ccc8c9ccccc9sc8c76)ccc54)c3)n2)cc1. The Bertz CT molecular complexity index is 8310. The van der Waals surface area contributed by atoms with Crippen LogP contribution in [0.2, 0.25) is 0 Å². The molecular formula is C108H66N10S2. The summed E-state index contributed by atoms with van der Waals surface area (Å²) in [6, 6.07) is 142. The first-order chi connectivity index (χ1) is 59.5. The van der Waals surface area contributed by atoms with Crippen molar-refractivity contribution in [3.63, 3.8) is 0 Å². The molecule has 0 amide bonds. The largest absolute Gasteiger partial charge is 0.309 e. The van der Waals surface area contributed by atoms with Crippen molar-refractivity contribution in [3.05, 3.63) is 400 Å². The van der Waals surface area contributed by atoms with Gasteiger partial charge in [-0.3, -0.25) is 0 Å². The first-order valence-corrected chi connectivity index (χ1v) is 41.9. The zero-order valence-electron chi connectivity index (χ0n) is 64.4. The van der Waals surface area contributed by atoms with Gasteiger partial charge in [0.1, 0.15) is 0 Å². The number of thiophene rings is 2. The van der Waals surface area contributed by atoms with Crippen molar-refractivity contribution in [2.45, 2.75) is 0 Å². The van der Waals surface area contributed by atoms with Crippen LogP contribution in [0.5, 0.6) is 0 Å². The Kier molecular flexibility index (Phi) is 16.1. The predicted octanol–water partition coefficient (Wildman–Crippen LogP) is 28.5. The monoisotopic (exact) mass is 1570 g/mol. The van der Waals surface area contributed by atoms with E-state index in [1.807, 2.05) is 144 Å². The van der Waals surface area contributed by atoms with Crippen LogP contribution in [0.1, 0.15) is 0 Å². The molecule has 8 heterocycles. The standard InChI is InChI=1S/C57H35N5S.C51H31N5S/c1-3-15-36(16-4-1)55-58-56(37-17-5-2-6-18-37)60-57(59-55)40-21-13-19-38(33-40)39-20-14-22-41(34-39)61-49-26-10-8-24-44(49)48-35-42(29-32-51(48)61)62-50-27-11-7-23-43(50)46-30-31-47-45-25-9-12-28-52(45)63-54(47)53(46)62;1-3-14-32(15-4-1)49-52-50(33-16-5-2-6-17-33)54-51(53-49)34-18-13-19-35(30-34)55-43-23-10-8-21-38(43)42-31-36(26-29-45(42)55)56-44-24-11-7-20-37(44)40-27-28-41-39-22-9-12-25-46(39)57-48(41)47(40)56/h1-35H;1-31H. The molecule has 17 aromatic carbocycles. The van der Waals surface area contributed by atoms with Gasteiger partial charge in [-0.2, -0.15) is 0 Å². The van der Waals surface area contributed by atoms with Gasteiger partial charge in [0.25, 0.3) is 0 Å². The molecule has 0 unspecified atom stereocenters. The number of aromatic nitrogens is 10. The molecule has 0 saturated heterocycles. The van der Waals surface area contributed by atoms with E-state index in [0.717, 1.165) is 89.3 Å². The Hall–Kier alpha value is -15.6. The van der Waals surface area contributed by atoms with Crippen molar-refractivity contribution in [3.8, 4) is 102 Å². The van der Waals surface area contributed by atoms with E-state index in [1.54, 1.807) is 0 Å². The van der Waals surface area contributed by atoms with Crippen LogP contribution in [0.25, 0.3) is 230 Å². The minimum atomic E-state index is 0.631. The third-order valence-corrected chi connectivity index (χ3v) is 25.9. The summed E-state index contributed by atoms with van der Waals surface area (Å²) in [6.07, 6.45) is 0. The molecule has 560 valence electrons. The van der Waals surface area contributed by atoms with Gasteiger partial charge in [0.15, 0.2) is 34.9 Å². The Morgan fingerprint density at radius 1 is 0.158 bits per heavy atom. The number of fused-ring (bicyclic) bond motifs is 20. The van der Waals surface area contributed by atoms with Crippen LogP contribution >= 0.6 is 22.7 Å². The van der Waals surface area contributed by atoms with Crippen molar-refractivity contribution >= 4 is 150 Å². The normalized spacial score (nSPS) is 11.8. The lowest BCUT2D eigenvalue weighted by Gasteiger charge is -2.12. The molecule has 8 aromatic heterocycles. The summed E-state index contributed by atoms with van der Waals surface area (Å²) in [5, 5.41) is 15.1. The quantitative estimate of drug-likeness (QED) is 0.128. The van der Waals surface area contributed by atoms with Gasteiger partial charge in [-0.05, 0) is 114 Å². The van der Waals surface area contributed by atoms with Gasteiger partial charge < -0.3 is 18.3 Å². The number of hydrogen-bond acceptors (Lipinski definition) is 8. The summed E-state index contributed by atoms with van der Waals surface area (Å²) in [5.74, 6) is 3.85. The van der Waals surface area contributed by atoms with Gasteiger partial charge >= 0.3 is 0 Å². The van der Waals surface area contributed by atoms with E-state index in [2.05, 4.69) is 297 Å². The van der Waals surface area contributed by atoms with E-state index >= 15 is 0 Å². The Balaban J connectivity index is 0.000000137. The molecule has 0 spiro atoms. The Morgan fingerprint density at radius 2 is 0.425 bits per heavy atom. The van der Waals surface area contributed by atoms with Crippen LogP contribution in [-0.2, 0) is 0 Å². The maximum atomic E-state index is 5.04.